The molecule has 0 aromatic rings. The van der Waals surface area contributed by atoms with E-state index in [9.17, 15) is 18.0 Å². The number of nitrogens with one attached hydrogen (secondary N) is 2. The Bertz CT molecular complexity index is 258. The monoisotopic (exact) mass is 254 g/mol. The van der Waals surface area contributed by atoms with Gasteiger partial charge in [-0.1, -0.05) is 6.42 Å². The lowest BCUT2D eigenvalue weighted by molar-refractivity contribution is -0.138. The summed E-state index contributed by atoms with van der Waals surface area (Å²) in [5.74, 6) is -0.573. The molecule has 1 rings (SSSR count). The Morgan fingerprint density at radius 3 is 2.65 bits per heavy atom. The minimum atomic E-state index is -4.38. The van der Waals surface area contributed by atoms with Crippen molar-refractivity contribution in [1.29, 1.82) is 0 Å². The van der Waals surface area contributed by atoms with Gasteiger partial charge in [0.1, 0.15) is 6.54 Å². The Labute approximate surface area is 97.6 Å². The molecule has 100 valence electrons. The quantitative estimate of drug-likeness (QED) is 0.666. The molecule has 1 amide bonds. The molecule has 2 unspecified atom stereocenters. The second-order valence-electron chi connectivity index (χ2n) is 4.25. The molecule has 17 heavy (non-hydrogen) atoms. The molecule has 0 aromatic carbocycles. The van der Waals surface area contributed by atoms with Crippen LogP contribution in [0, 0.1) is 5.92 Å². The normalized spacial score (nSPS) is 24.9. The van der Waals surface area contributed by atoms with Gasteiger partial charge in [-0.15, -0.1) is 0 Å². The van der Waals surface area contributed by atoms with Gasteiger partial charge in [-0.25, -0.2) is 0 Å². The van der Waals surface area contributed by atoms with Gasteiger partial charge in [0.25, 0.3) is 0 Å². The van der Waals surface area contributed by atoms with Crippen molar-refractivity contribution in [1.82, 2.24) is 10.6 Å². The standard InChI is InChI=1S/C10H17F3N2O2/c11-10(12,13)6-15-9(17)4-14-8-3-1-2-7(8)5-16/h7-8,14,16H,1-6H2,(H,15,17). The van der Waals surface area contributed by atoms with Crippen molar-refractivity contribution in [3.63, 3.8) is 0 Å². The smallest absolute Gasteiger partial charge is 0.396 e. The third kappa shape index (κ3) is 5.36. The van der Waals surface area contributed by atoms with Gasteiger partial charge in [0.15, 0.2) is 0 Å². The fourth-order valence-electron chi connectivity index (χ4n) is 2.01. The van der Waals surface area contributed by atoms with Crippen molar-refractivity contribution in [2.45, 2.75) is 31.5 Å². The van der Waals surface area contributed by atoms with Gasteiger partial charge in [-0.3, -0.25) is 4.79 Å². The van der Waals surface area contributed by atoms with E-state index in [-0.39, 0.29) is 25.1 Å². The molecule has 0 heterocycles. The fraction of sp³-hybridized carbons (Fsp3) is 0.900. The van der Waals surface area contributed by atoms with Crippen LogP contribution in [0.2, 0.25) is 0 Å². The first-order chi connectivity index (χ1) is 7.92. The Hall–Kier alpha value is -0.820. The molecule has 1 aliphatic carbocycles. The van der Waals surface area contributed by atoms with Crippen molar-refractivity contribution in [3.05, 3.63) is 0 Å². The van der Waals surface area contributed by atoms with Gasteiger partial charge >= 0.3 is 6.18 Å². The lowest BCUT2D eigenvalue weighted by atomic mass is 10.1. The Balaban J connectivity index is 2.19. The molecule has 0 saturated heterocycles. The molecule has 3 N–H and O–H groups in total. The summed E-state index contributed by atoms with van der Waals surface area (Å²) in [7, 11) is 0. The summed E-state index contributed by atoms with van der Waals surface area (Å²) in [6.45, 7) is -1.40. The zero-order valence-corrected chi connectivity index (χ0v) is 9.39. The maximum absolute atomic E-state index is 11.8. The topological polar surface area (TPSA) is 61.4 Å². The van der Waals surface area contributed by atoms with Gasteiger partial charge in [0.05, 0.1) is 6.54 Å². The molecule has 1 aliphatic rings. The highest BCUT2D eigenvalue weighted by atomic mass is 19.4. The van der Waals surface area contributed by atoms with Crippen LogP contribution in [0.1, 0.15) is 19.3 Å². The van der Waals surface area contributed by atoms with E-state index in [2.05, 4.69) is 5.32 Å². The summed E-state index contributed by atoms with van der Waals surface area (Å²) >= 11 is 0. The average Bonchev–Trinajstić information content (AvgIpc) is 2.69. The van der Waals surface area contributed by atoms with Crippen LogP contribution >= 0.6 is 0 Å². The molecule has 1 fully saturated rings. The van der Waals surface area contributed by atoms with Gasteiger partial charge in [0.2, 0.25) is 5.91 Å². The van der Waals surface area contributed by atoms with Crippen LogP contribution in [0.4, 0.5) is 13.2 Å². The number of hydrogen-bond acceptors (Lipinski definition) is 3. The molecule has 4 nitrogen and oxygen atoms in total. The molecule has 0 aromatic heterocycles. The highest BCUT2D eigenvalue weighted by Gasteiger charge is 2.29. The maximum Gasteiger partial charge on any atom is 0.405 e. The van der Waals surface area contributed by atoms with E-state index < -0.39 is 18.6 Å². The second kappa shape index (κ2) is 6.20. The summed E-state index contributed by atoms with van der Waals surface area (Å²) in [4.78, 5) is 11.1. The van der Waals surface area contributed by atoms with Crippen molar-refractivity contribution >= 4 is 5.91 Å². The number of aliphatic hydroxyl groups is 1. The summed E-state index contributed by atoms with van der Waals surface area (Å²) < 4.78 is 35.4. The molecular weight excluding hydrogens is 237 g/mol. The molecule has 0 aliphatic heterocycles. The van der Waals surface area contributed by atoms with Crippen LogP contribution in [-0.4, -0.2) is 42.9 Å². The predicted octanol–water partition coefficient (Wildman–Crippen LogP) is 0.415. The van der Waals surface area contributed by atoms with Crippen LogP contribution in [0.25, 0.3) is 0 Å². The van der Waals surface area contributed by atoms with E-state index in [1.54, 1.807) is 5.32 Å². The van der Waals surface area contributed by atoms with Crippen LogP contribution in [0.5, 0.6) is 0 Å². The largest absolute Gasteiger partial charge is 0.405 e. The van der Waals surface area contributed by atoms with Crippen LogP contribution < -0.4 is 10.6 Å². The van der Waals surface area contributed by atoms with Crippen LogP contribution in [0.3, 0.4) is 0 Å². The number of alkyl halides is 3. The maximum atomic E-state index is 11.8. The van der Waals surface area contributed by atoms with Crippen molar-refractivity contribution in [2.75, 3.05) is 19.7 Å². The molecule has 1 saturated carbocycles. The number of halogens is 3. The number of amides is 1. The van der Waals surface area contributed by atoms with Crippen molar-refractivity contribution < 1.29 is 23.1 Å². The Kier molecular flexibility index (Phi) is 5.20. The first-order valence-corrected chi connectivity index (χ1v) is 5.60. The lowest BCUT2D eigenvalue weighted by Crippen LogP contribution is -2.43. The number of carbonyl (C=O) groups is 1. The molecule has 0 spiro atoms. The SMILES string of the molecule is O=C(CNC1CCCC1CO)NCC(F)(F)F. The third-order valence-electron chi connectivity index (χ3n) is 2.90. The van der Waals surface area contributed by atoms with Crippen LogP contribution in [-0.2, 0) is 4.79 Å². The summed E-state index contributed by atoms with van der Waals surface area (Å²) in [5.41, 5.74) is 0. The average molecular weight is 254 g/mol. The Morgan fingerprint density at radius 2 is 2.06 bits per heavy atom. The summed E-state index contributed by atoms with van der Waals surface area (Å²) in [5, 5.41) is 13.7. The molecule has 0 radical (unpaired) electrons. The predicted molar refractivity (Wildman–Crippen MR) is 55.3 cm³/mol. The lowest BCUT2D eigenvalue weighted by Gasteiger charge is -2.18. The van der Waals surface area contributed by atoms with E-state index in [0.717, 1.165) is 19.3 Å². The minimum absolute atomic E-state index is 0.0247. The fourth-order valence-corrected chi connectivity index (χ4v) is 2.01. The Morgan fingerprint density at radius 1 is 1.35 bits per heavy atom. The summed E-state index contributed by atoms with van der Waals surface area (Å²) in [6.07, 6.45) is -1.68. The van der Waals surface area contributed by atoms with Crippen molar-refractivity contribution in [2.24, 2.45) is 5.92 Å². The molecule has 7 heteroatoms. The first-order valence-electron chi connectivity index (χ1n) is 5.60. The van der Waals surface area contributed by atoms with E-state index in [4.69, 9.17) is 5.11 Å². The number of aliphatic hydroxyl groups excluding tert-OH is 1. The van der Waals surface area contributed by atoms with Gasteiger partial charge in [-0.2, -0.15) is 13.2 Å². The van der Waals surface area contributed by atoms with Gasteiger partial charge in [0, 0.05) is 12.6 Å². The van der Waals surface area contributed by atoms with E-state index in [0.29, 0.717) is 0 Å². The van der Waals surface area contributed by atoms with E-state index in [1.165, 1.54) is 0 Å². The highest BCUT2D eigenvalue weighted by molar-refractivity contribution is 5.78. The van der Waals surface area contributed by atoms with E-state index in [1.807, 2.05) is 0 Å². The minimum Gasteiger partial charge on any atom is -0.396 e. The number of hydrogen-bond donors (Lipinski definition) is 3. The molecule has 0 bridgehead atoms. The van der Waals surface area contributed by atoms with Crippen LogP contribution in [0.15, 0.2) is 0 Å². The van der Waals surface area contributed by atoms with Gasteiger partial charge < -0.3 is 15.7 Å². The second-order valence-corrected chi connectivity index (χ2v) is 4.25. The molecule has 2 atom stereocenters. The van der Waals surface area contributed by atoms with E-state index >= 15 is 0 Å². The zero-order chi connectivity index (χ0) is 12.9. The first kappa shape index (κ1) is 14.2. The molecular formula is C10H17F3N2O2. The summed E-state index contributed by atoms with van der Waals surface area (Å²) in [6, 6.07) is 0.0247. The number of carbonyl (C=O) groups excluding carboxylic acids is 1. The third-order valence-corrected chi connectivity index (χ3v) is 2.90. The number of rotatable bonds is 5. The van der Waals surface area contributed by atoms with Gasteiger partial charge in [-0.05, 0) is 18.8 Å². The highest BCUT2D eigenvalue weighted by Crippen LogP contribution is 2.24. The van der Waals surface area contributed by atoms with Crippen molar-refractivity contribution in [3.8, 4) is 0 Å². The zero-order valence-electron chi connectivity index (χ0n) is 9.39.